The minimum atomic E-state index is -0.775. The van der Waals surface area contributed by atoms with Crippen molar-refractivity contribution in [2.75, 3.05) is 12.3 Å². The highest BCUT2D eigenvalue weighted by molar-refractivity contribution is 5.51. The van der Waals surface area contributed by atoms with Crippen LogP contribution in [0.3, 0.4) is 0 Å². The van der Waals surface area contributed by atoms with Crippen LogP contribution in [0, 0.1) is 11.6 Å². The molecule has 0 aliphatic heterocycles. The van der Waals surface area contributed by atoms with Crippen LogP contribution < -0.4 is 15.2 Å². The van der Waals surface area contributed by atoms with Crippen molar-refractivity contribution in [3.05, 3.63) is 48.0 Å². The Morgan fingerprint density at radius 2 is 1.80 bits per heavy atom. The smallest absolute Gasteiger partial charge is 0.168 e. The maximum Gasteiger partial charge on any atom is 0.168 e. The second-order valence-corrected chi connectivity index (χ2v) is 4.26. The number of hydrogen-bond acceptors (Lipinski definition) is 3. The first-order valence-corrected chi connectivity index (χ1v) is 6.24. The lowest BCUT2D eigenvalue weighted by atomic mass is 10.2. The van der Waals surface area contributed by atoms with Crippen molar-refractivity contribution in [2.45, 2.75) is 13.3 Å². The molecule has 0 amide bonds. The molecule has 106 valence electrons. The van der Waals surface area contributed by atoms with E-state index >= 15 is 0 Å². The predicted octanol–water partition coefficient (Wildman–Crippen LogP) is 4.13. The molecule has 20 heavy (non-hydrogen) atoms. The SMILES string of the molecule is CCCOc1cc(N)cc(Oc2ccc(F)cc2F)c1. The number of nitrogens with two attached hydrogens (primary N) is 1. The topological polar surface area (TPSA) is 44.5 Å². The molecule has 0 aliphatic rings. The normalized spacial score (nSPS) is 10.3. The first-order chi connectivity index (χ1) is 9.58. The second kappa shape index (κ2) is 6.23. The molecule has 0 saturated heterocycles. The molecular formula is C15H15F2NO2. The lowest BCUT2D eigenvalue weighted by Crippen LogP contribution is -1.97. The minimum Gasteiger partial charge on any atom is -0.493 e. The van der Waals surface area contributed by atoms with Crippen LogP contribution >= 0.6 is 0 Å². The highest BCUT2D eigenvalue weighted by Crippen LogP contribution is 2.30. The fourth-order valence-corrected chi connectivity index (χ4v) is 1.64. The number of hydrogen-bond donors (Lipinski definition) is 1. The molecule has 2 N–H and O–H groups in total. The van der Waals surface area contributed by atoms with Gasteiger partial charge in [-0.15, -0.1) is 0 Å². The monoisotopic (exact) mass is 279 g/mol. The Kier molecular flexibility index (Phi) is 4.40. The zero-order valence-electron chi connectivity index (χ0n) is 11.0. The summed E-state index contributed by atoms with van der Waals surface area (Å²) in [4.78, 5) is 0. The van der Waals surface area contributed by atoms with Crippen molar-refractivity contribution >= 4 is 5.69 Å². The number of benzene rings is 2. The highest BCUT2D eigenvalue weighted by Gasteiger charge is 2.08. The third-order valence-corrected chi connectivity index (χ3v) is 2.50. The van der Waals surface area contributed by atoms with Gasteiger partial charge in [-0.05, 0) is 18.6 Å². The van der Waals surface area contributed by atoms with Crippen LogP contribution in [0.4, 0.5) is 14.5 Å². The Bertz CT molecular complexity index is 602. The van der Waals surface area contributed by atoms with Gasteiger partial charge in [-0.2, -0.15) is 0 Å². The van der Waals surface area contributed by atoms with Crippen LogP contribution in [0.2, 0.25) is 0 Å². The van der Waals surface area contributed by atoms with Gasteiger partial charge in [0.2, 0.25) is 0 Å². The van der Waals surface area contributed by atoms with Gasteiger partial charge in [-0.3, -0.25) is 0 Å². The van der Waals surface area contributed by atoms with Gasteiger partial charge in [0.25, 0.3) is 0 Å². The summed E-state index contributed by atoms with van der Waals surface area (Å²) in [5.41, 5.74) is 6.17. The Morgan fingerprint density at radius 3 is 2.50 bits per heavy atom. The van der Waals surface area contributed by atoms with Crippen molar-refractivity contribution in [1.82, 2.24) is 0 Å². The predicted molar refractivity (Wildman–Crippen MR) is 73.1 cm³/mol. The Morgan fingerprint density at radius 1 is 1.05 bits per heavy atom. The lowest BCUT2D eigenvalue weighted by Gasteiger charge is -2.10. The van der Waals surface area contributed by atoms with Crippen molar-refractivity contribution in [1.29, 1.82) is 0 Å². The van der Waals surface area contributed by atoms with E-state index in [2.05, 4.69) is 0 Å². The minimum absolute atomic E-state index is 0.0709. The molecular weight excluding hydrogens is 264 g/mol. The standard InChI is InChI=1S/C15H15F2NO2/c1-2-5-19-12-7-11(18)8-13(9-12)20-15-4-3-10(16)6-14(15)17/h3-4,6-9H,2,5,18H2,1H3. The first kappa shape index (κ1) is 14.1. The van der Waals surface area contributed by atoms with Crippen LogP contribution in [0.25, 0.3) is 0 Å². The van der Waals surface area contributed by atoms with Gasteiger partial charge < -0.3 is 15.2 Å². The maximum absolute atomic E-state index is 13.5. The fourth-order valence-electron chi connectivity index (χ4n) is 1.64. The van der Waals surface area contributed by atoms with E-state index in [0.717, 1.165) is 18.6 Å². The molecule has 5 heteroatoms. The zero-order chi connectivity index (χ0) is 14.5. The molecule has 0 heterocycles. The van der Waals surface area contributed by atoms with Crippen LogP contribution in [0.5, 0.6) is 17.2 Å². The number of rotatable bonds is 5. The van der Waals surface area contributed by atoms with Gasteiger partial charge >= 0.3 is 0 Å². The summed E-state index contributed by atoms with van der Waals surface area (Å²) in [5, 5.41) is 0. The average molecular weight is 279 g/mol. The summed E-state index contributed by atoms with van der Waals surface area (Å²) < 4.78 is 37.1. The van der Waals surface area contributed by atoms with Gasteiger partial charge in [0.1, 0.15) is 17.3 Å². The van der Waals surface area contributed by atoms with E-state index in [0.29, 0.717) is 23.8 Å². The highest BCUT2D eigenvalue weighted by atomic mass is 19.1. The number of halogens is 2. The molecule has 3 nitrogen and oxygen atoms in total. The quantitative estimate of drug-likeness (QED) is 0.837. The molecule has 0 atom stereocenters. The Balaban J connectivity index is 2.21. The summed E-state index contributed by atoms with van der Waals surface area (Å²) in [6, 6.07) is 7.91. The molecule has 0 aromatic heterocycles. The van der Waals surface area contributed by atoms with Gasteiger partial charge in [0.05, 0.1) is 6.61 Å². The van der Waals surface area contributed by atoms with E-state index in [1.165, 1.54) is 6.07 Å². The molecule has 0 unspecified atom stereocenters. The summed E-state index contributed by atoms with van der Waals surface area (Å²) in [5.74, 6) is -0.623. The number of ether oxygens (including phenoxy) is 2. The zero-order valence-corrected chi connectivity index (χ0v) is 11.0. The third kappa shape index (κ3) is 3.60. The fraction of sp³-hybridized carbons (Fsp3) is 0.200. The summed E-state index contributed by atoms with van der Waals surface area (Å²) in [6.45, 7) is 2.53. The van der Waals surface area contributed by atoms with Crippen molar-refractivity contribution < 1.29 is 18.3 Å². The van der Waals surface area contributed by atoms with Gasteiger partial charge in [-0.1, -0.05) is 6.92 Å². The lowest BCUT2D eigenvalue weighted by molar-refractivity contribution is 0.315. The van der Waals surface area contributed by atoms with E-state index in [1.54, 1.807) is 18.2 Å². The summed E-state index contributed by atoms with van der Waals surface area (Å²) in [7, 11) is 0. The molecule has 2 aromatic carbocycles. The van der Waals surface area contributed by atoms with Gasteiger partial charge in [0, 0.05) is 30.0 Å². The molecule has 0 fully saturated rings. The summed E-state index contributed by atoms with van der Waals surface area (Å²) in [6.07, 6.45) is 0.859. The number of anilines is 1. The molecule has 0 spiro atoms. The first-order valence-electron chi connectivity index (χ1n) is 6.24. The molecule has 0 radical (unpaired) electrons. The van der Waals surface area contributed by atoms with E-state index < -0.39 is 11.6 Å². The van der Waals surface area contributed by atoms with E-state index in [9.17, 15) is 8.78 Å². The largest absolute Gasteiger partial charge is 0.493 e. The molecule has 0 aliphatic carbocycles. The van der Waals surface area contributed by atoms with Crippen LogP contribution in [-0.2, 0) is 0 Å². The van der Waals surface area contributed by atoms with Crippen molar-refractivity contribution in [3.8, 4) is 17.2 Å². The Labute approximate surface area is 115 Å². The van der Waals surface area contributed by atoms with Crippen molar-refractivity contribution in [3.63, 3.8) is 0 Å². The Hall–Kier alpha value is -2.30. The van der Waals surface area contributed by atoms with E-state index in [-0.39, 0.29) is 5.75 Å². The average Bonchev–Trinajstić information content (AvgIpc) is 2.39. The van der Waals surface area contributed by atoms with Gasteiger partial charge in [0.15, 0.2) is 11.6 Å². The maximum atomic E-state index is 13.5. The number of nitrogen functional groups attached to an aromatic ring is 1. The van der Waals surface area contributed by atoms with E-state index in [4.69, 9.17) is 15.2 Å². The van der Waals surface area contributed by atoms with Gasteiger partial charge in [-0.25, -0.2) is 8.78 Å². The van der Waals surface area contributed by atoms with Crippen LogP contribution in [0.15, 0.2) is 36.4 Å². The molecule has 0 saturated carbocycles. The van der Waals surface area contributed by atoms with E-state index in [1.807, 2.05) is 6.92 Å². The van der Waals surface area contributed by atoms with Crippen LogP contribution in [0.1, 0.15) is 13.3 Å². The molecule has 2 rings (SSSR count). The molecule has 0 bridgehead atoms. The second-order valence-electron chi connectivity index (χ2n) is 4.26. The van der Waals surface area contributed by atoms with Crippen LogP contribution in [-0.4, -0.2) is 6.61 Å². The third-order valence-electron chi connectivity index (χ3n) is 2.50. The molecule has 2 aromatic rings. The van der Waals surface area contributed by atoms with Crippen molar-refractivity contribution in [2.24, 2.45) is 0 Å². The summed E-state index contributed by atoms with van der Waals surface area (Å²) >= 11 is 0.